The predicted octanol–water partition coefficient (Wildman–Crippen LogP) is 2.50. The van der Waals surface area contributed by atoms with Gasteiger partial charge in [-0.05, 0) is 6.07 Å². The lowest BCUT2D eigenvalue weighted by Gasteiger charge is -2.30. The van der Waals surface area contributed by atoms with Crippen molar-refractivity contribution in [2.24, 2.45) is 11.1 Å². The van der Waals surface area contributed by atoms with Crippen LogP contribution in [-0.4, -0.2) is 11.7 Å². The van der Waals surface area contributed by atoms with Gasteiger partial charge in [-0.2, -0.15) is 0 Å². The van der Waals surface area contributed by atoms with Crippen molar-refractivity contribution >= 4 is 11.6 Å². The van der Waals surface area contributed by atoms with Gasteiger partial charge < -0.3 is 10.8 Å². The van der Waals surface area contributed by atoms with Crippen LogP contribution in [0, 0.1) is 11.2 Å². The van der Waals surface area contributed by atoms with Crippen molar-refractivity contribution in [3.63, 3.8) is 0 Å². The summed E-state index contributed by atoms with van der Waals surface area (Å²) in [7, 11) is 0. The number of aliphatic hydroxyl groups excluding tert-OH is 1. The molecule has 15 heavy (non-hydrogen) atoms. The highest BCUT2D eigenvalue weighted by molar-refractivity contribution is 6.30. The minimum Gasteiger partial charge on any atom is -0.396 e. The van der Waals surface area contributed by atoms with Crippen LogP contribution >= 0.6 is 11.6 Å². The van der Waals surface area contributed by atoms with Gasteiger partial charge in [0, 0.05) is 23.6 Å². The van der Waals surface area contributed by atoms with Crippen molar-refractivity contribution in [3.05, 3.63) is 34.6 Å². The highest BCUT2D eigenvalue weighted by Gasteiger charge is 2.29. The van der Waals surface area contributed by atoms with E-state index in [1.54, 1.807) is 26.0 Å². The van der Waals surface area contributed by atoms with Crippen LogP contribution in [0.5, 0.6) is 0 Å². The standard InChI is InChI=1S/C11H15ClFNO/c1-11(2,6-15)10(14)7-4-3-5-8(12)9(7)13/h3-5,10,15H,6,14H2,1-2H3/t10-/m0/s1. The molecule has 1 rings (SSSR count). The third-order valence-electron chi connectivity index (χ3n) is 2.57. The van der Waals surface area contributed by atoms with Crippen LogP contribution < -0.4 is 5.73 Å². The van der Waals surface area contributed by atoms with E-state index in [2.05, 4.69) is 0 Å². The maximum Gasteiger partial charge on any atom is 0.146 e. The van der Waals surface area contributed by atoms with Crippen LogP contribution in [0.4, 0.5) is 4.39 Å². The first-order valence-corrected chi connectivity index (χ1v) is 5.08. The first kappa shape index (κ1) is 12.4. The number of benzene rings is 1. The molecule has 1 aromatic carbocycles. The molecule has 1 aromatic rings. The van der Waals surface area contributed by atoms with E-state index in [-0.39, 0.29) is 11.6 Å². The van der Waals surface area contributed by atoms with E-state index in [9.17, 15) is 4.39 Å². The molecule has 84 valence electrons. The fraction of sp³-hybridized carbons (Fsp3) is 0.455. The largest absolute Gasteiger partial charge is 0.396 e. The third kappa shape index (κ3) is 2.48. The monoisotopic (exact) mass is 231 g/mol. The first-order valence-electron chi connectivity index (χ1n) is 4.70. The first-order chi connectivity index (χ1) is 6.90. The Bertz CT molecular complexity index is 354. The maximum atomic E-state index is 13.6. The van der Waals surface area contributed by atoms with Crippen LogP contribution in [-0.2, 0) is 0 Å². The minimum atomic E-state index is -0.582. The molecule has 0 aliphatic heterocycles. The van der Waals surface area contributed by atoms with Crippen LogP contribution in [0.2, 0.25) is 5.02 Å². The molecule has 3 N–H and O–H groups in total. The van der Waals surface area contributed by atoms with Gasteiger partial charge in [0.15, 0.2) is 0 Å². The lowest BCUT2D eigenvalue weighted by Crippen LogP contribution is -2.33. The molecule has 0 radical (unpaired) electrons. The van der Waals surface area contributed by atoms with E-state index in [1.807, 2.05) is 0 Å². The SMILES string of the molecule is CC(C)(CO)[C@@H](N)c1cccc(Cl)c1F. The van der Waals surface area contributed by atoms with Crippen LogP contribution in [0.1, 0.15) is 25.5 Å². The Kier molecular flexibility index (Phi) is 3.71. The summed E-state index contributed by atoms with van der Waals surface area (Å²) < 4.78 is 13.6. The lowest BCUT2D eigenvalue weighted by molar-refractivity contribution is 0.131. The second kappa shape index (κ2) is 4.47. The van der Waals surface area contributed by atoms with Gasteiger partial charge in [-0.3, -0.25) is 0 Å². The van der Waals surface area contributed by atoms with E-state index in [1.165, 1.54) is 6.07 Å². The zero-order valence-electron chi connectivity index (χ0n) is 8.80. The van der Waals surface area contributed by atoms with Crippen LogP contribution in [0.25, 0.3) is 0 Å². The van der Waals surface area contributed by atoms with Crippen molar-refractivity contribution in [1.29, 1.82) is 0 Å². The van der Waals surface area contributed by atoms with E-state index < -0.39 is 17.3 Å². The predicted molar refractivity (Wildman–Crippen MR) is 59.2 cm³/mol. The number of hydrogen-bond acceptors (Lipinski definition) is 2. The molecule has 0 amide bonds. The molecule has 0 aromatic heterocycles. The minimum absolute atomic E-state index is 0.0525. The molecule has 0 aliphatic carbocycles. The van der Waals surface area contributed by atoms with Crippen molar-refractivity contribution < 1.29 is 9.50 Å². The summed E-state index contributed by atoms with van der Waals surface area (Å²) in [5.74, 6) is -0.506. The Hall–Kier alpha value is -0.640. The molecule has 1 atom stereocenters. The van der Waals surface area contributed by atoms with Gasteiger partial charge in [-0.25, -0.2) is 4.39 Å². The van der Waals surface area contributed by atoms with Gasteiger partial charge in [0.2, 0.25) is 0 Å². The number of nitrogens with two attached hydrogens (primary N) is 1. The second-order valence-electron chi connectivity index (χ2n) is 4.27. The summed E-state index contributed by atoms with van der Waals surface area (Å²) in [6, 6.07) is 4.12. The molecule has 0 saturated carbocycles. The van der Waals surface area contributed by atoms with E-state index in [4.69, 9.17) is 22.4 Å². The molecule has 0 spiro atoms. The normalized spacial score (nSPS) is 14.0. The molecule has 0 unspecified atom stereocenters. The molecular formula is C11H15ClFNO. The molecule has 0 fully saturated rings. The Morgan fingerprint density at radius 2 is 2.13 bits per heavy atom. The zero-order chi connectivity index (χ0) is 11.6. The average Bonchev–Trinajstić information content (AvgIpc) is 2.21. The second-order valence-corrected chi connectivity index (χ2v) is 4.67. The average molecular weight is 232 g/mol. The lowest BCUT2D eigenvalue weighted by atomic mass is 9.81. The summed E-state index contributed by atoms with van der Waals surface area (Å²) in [5, 5.41) is 9.20. The van der Waals surface area contributed by atoms with Gasteiger partial charge in [0.1, 0.15) is 5.82 Å². The van der Waals surface area contributed by atoms with E-state index in [0.717, 1.165) is 0 Å². The van der Waals surface area contributed by atoms with Crippen molar-refractivity contribution in [2.75, 3.05) is 6.61 Å². The highest BCUT2D eigenvalue weighted by atomic mass is 35.5. The summed E-state index contributed by atoms with van der Waals surface area (Å²) >= 11 is 5.66. The smallest absolute Gasteiger partial charge is 0.146 e. The molecule has 0 bridgehead atoms. The van der Waals surface area contributed by atoms with Crippen molar-refractivity contribution in [3.8, 4) is 0 Å². The molecule has 0 aliphatic rings. The summed E-state index contributed by atoms with van der Waals surface area (Å²) in [6.45, 7) is 3.44. The Morgan fingerprint density at radius 3 is 2.67 bits per heavy atom. The number of rotatable bonds is 3. The van der Waals surface area contributed by atoms with Crippen molar-refractivity contribution in [2.45, 2.75) is 19.9 Å². The van der Waals surface area contributed by atoms with Crippen LogP contribution in [0.3, 0.4) is 0 Å². The highest BCUT2D eigenvalue weighted by Crippen LogP contribution is 2.33. The Morgan fingerprint density at radius 1 is 1.53 bits per heavy atom. The molecule has 2 nitrogen and oxygen atoms in total. The topological polar surface area (TPSA) is 46.2 Å². The van der Waals surface area contributed by atoms with Gasteiger partial charge >= 0.3 is 0 Å². The fourth-order valence-electron chi connectivity index (χ4n) is 1.28. The maximum absolute atomic E-state index is 13.6. The van der Waals surface area contributed by atoms with Gasteiger partial charge in [0.25, 0.3) is 0 Å². The Balaban J connectivity index is 3.12. The molecule has 0 heterocycles. The molecular weight excluding hydrogens is 217 g/mol. The zero-order valence-corrected chi connectivity index (χ0v) is 9.55. The van der Waals surface area contributed by atoms with Crippen molar-refractivity contribution in [1.82, 2.24) is 0 Å². The third-order valence-corrected chi connectivity index (χ3v) is 2.86. The number of aliphatic hydroxyl groups is 1. The number of halogens is 2. The fourth-order valence-corrected chi connectivity index (χ4v) is 1.46. The molecule has 4 heteroatoms. The number of hydrogen-bond donors (Lipinski definition) is 2. The van der Waals surface area contributed by atoms with Gasteiger partial charge in [0.05, 0.1) is 5.02 Å². The Labute approximate surface area is 93.9 Å². The summed E-state index contributed by atoms with van der Waals surface area (Å²) in [4.78, 5) is 0. The van der Waals surface area contributed by atoms with Gasteiger partial charge in [-0.15, -0.1) is 0 Å². The summed E-state index contributed by atoms with van der Waals surface area (Å²) in [5.41, 5.74) is 5.65. The molecule has 0 saturated heterocycles. The van der Waals surface area contributed by atoms with E-state index in [0.29, 0.717) is 5.56 Å². The quantitative estimate of drug-likeness (QED) is 0.840. The van der Waals surface area contributed by atoms with Gasteiger partial charge in [-0.1, -0.05) is 37.6 Å². The van der Waals surface area contributed by atoms with E-state index >= 15 is 0 Å². The summed E-state index contributed by atoms with van der Waals surface area (Å²) in [6.07, 6.45) is 0. The van der Waals surface area contributed by atoms with Crippen LogP contribution in [0.15, 0.2) is 18.2 Å².